The molecule has 1 fully saturated rings. The van der Waals surface area contributed by atoms with Crippen LogP contribution in [0.25, 0.3) is 5.76 Å². The molecule has 4 rings (SSSR count). The predicted molar refractivity (Wildman–Crippen MR) is 117 cm³/mol. The Kier molecular flexibility index (Phi) is 5.26. The van der Waals surface area contributed by atoms with E-state index in [-0.39, 0.29) is 11.3 Å². The summed E-state index contributed by atoms with van der Waals surface area (Å²) < 4.78 is 0.855. The highest BCUT2D eigenvalue weighted by atomic mass is 79.9. The minimum Gasteiger partial charge on any atom is -0.507 e. The summed E-state index contributed by atoms with van der Waals surface area (Å²) >= 11 is 9.43. The van der Waals surface area contributed by atoms with Gasteiger partial charge in [0.2, 0.25) is 0 Å². The van der Waals surface area contributed by atoms with Gasteiger partial charge >= 0.3 is 0 Å². The number of halogens is 2. The lowest BCUT2D eigenvalue weighted by Gasteiger charge is -2.25. The average molecular weight is 469 g/mol. The molecule has 1 atom stereocenters. The van der Waals surface area contributed by atoms with Gasteiger partial charge < -0.3 is 5.11 Å². The van der Waals surface area contributed by atoms with Crippen molar-refractivity contribution in [2.75, 3.05) is 4.90 Å². The fourth-order valence-corrected chi connectivity index (χ4v) is 3.90. The number of nitrogens with zero attached hydrogens (tertiary/aromatic N) is 1. The van der Waals surface area contributed by atoms with Gasteiger partial charge in [0.05, 0.1) is 11.6 Å². The van der Waals surface area contributed by atoms with Crippen LogP contribution in [0.1, 0.15) is 17.2 Å². The lowest BCUT2D eigenvalue weighted by molar-refractivity contribution is -0.132. The van der Waals surface area contributed by atoms with Crippen LogP contribution in [-0.4, -0.2) is 16.8 Å². The Hall–Kier alpha value is -2.89. The third-order valence-corrected chi connectivity index (χ3v) is 5.53. The van der Waals surface area contributed by atoms with Gasteiger partial charge in [0.15, 0.2) is 0 Å². The zero-order valence-corrected chi connectivity index (χ0v) is 17.4. The number of carbonyl (C=O) groups excluding carboxylic acids is 2. The van der Waals surface area contributed by atoms with Crippen LogP contribution in [0.5, 0.6) is 0 Å². The zero-order chi connectivity index (χ0) is 20.5. The van der Waals surface area contributed by atoms with Gasteiger partial charge in [-0.3, -0.25) is 14.5 Å². The molecule has 1 aliphatic rings. The summed E-state index contributed by atoms with van der Waals surface area (Å²) in [6, 6.07) is 22.1. The number of rotatable bonds is 3. The van der Waals surface area contributed by atoms with E-state index < -0.39 is 17.7 Å². The quantitative estimate of drug-likeness (QED) is 0.303. The van der Waals surface area contributed by atoms with Crippen molar-refractivity contribution in [2.45, 2.75) is 6.04 Å². The van der Waals surface area contributed by atoms with Crippen molar-refractivity contribution >= 4 is 50.7 Å². The molecule has 1 heterocycles. The number of carbonyl (C=O) groups is 2. The van der Waals surface area contributed by atoms with Gasteiger partial charge in [0.1, 0.15) is 5.76 Å². The minimum absolute atomic E-state index is 0.0337. The van der Waals surface area contributed by atoms with E-state index in [2.05, 4.69) is 15.9 Å². The lowest BCUT2D eigenvalue weighted by Crippen LogP contribution is -2.29. The van der Waals surface area contributed by atoms with Crippen molar-refractivity contribution in [1.82, 2.24) is 0 Å². The maximum atomic E-state index is 13.0. The second-order valence-corrected chi connectivity index (χ2v) is 7.92. The highest BCUT2D eigenvalue weighted by Crippen LogP contribution is 2.42. The van der Waals surface area contributed by atoms with Crippen molar-refractivity contribution in [3.63, 3.8) is 0 Å². The molecule has 0 aliphatic carbocycles. The number of Topliss-reactive ketones (excluding diaryl/α,β-unsaturated/α-hetero) is 1. The van der Waals surface area contributed by atoms with Crippen LogP contribution in [0.4, 0.5) is 5.69 Å². The van der Waals surface area contributed by atoms with E-state index in [1.807, 2.05) is 30.3 Å². The molecule has 1 N–H and O–H groups in total. The van der Waals surface area contributed by atoms with Crippen LogP contribution in [0.3, 0.4) is 0 Å². The Morgan fingerprint density at radius 2 is 1.62 bits per heavy atom. The number of amides is 1. The fourth-order valence-electron chi connectivity index (χ4n) is 3.44. The normalized spacial score (nSPS) is 18.3. The van der Waals surface area contributed by atoms with E-state index in [9.17, 15) is 14.7 Å². The molecule has 3 aromatic carbocycles. The first-order chi connectivity index (χ1) is 14.0. The molecule has 1 saturated heterocycles. The first-order valence-corrected chi connectivity index (χ1v) is 10.0. The van der Waals surface area contributed by atoms with E-state index in [0.29, 0.717) is 16.3 Å². The Morgan fingerprint density at radius 1 is 0.931 bits per heavy atom. The fraction of sp³-hybridized carbons (Fsp3) is 0.0435. The van der Waals surface area contributed by atoms with Crippen molar-refractivity contribution in [2.24, 2.45) is 0 Å². The van der Waals surface area contributed by atoms with E-state index in [4.69, 9.17) is 11.6 Å². The molecule has 1 amide bonds. The van der Waals surface area contributed by atoms with E-state index in [1.54, 1.807) is 48.5 Å². The number of benzene rings is 3. The van der Waals surface area contributed by atoms with Crippen molar-refractivity contribution < 1.29 is 14.7 Å². The molecule has 1 unspecified atom stereocenters. The topological polar surface area (TPSA) is 57.6 Å². The van der Waals surface area contributed by atoms with E-state index in [1.165, 1.54) is 4.90 Å². The van der Waals surface area contributed by atoms with Crippen molar-refractivity contribution in [3.05, 3.63) is 105 Å². The Balaban J connectivity index is 1.94. The molecule has 0 saturated carbocycles. The summed E-state index contributed by atoms with van der Waals surface area (Å²) in [5, 5.41) is 11.4. The molecular formula is C23H15BrClNO3. The van der Waals surface area contributed by atoms with Gasteiger partial charge in [0.25, 0.3) is 11.7 Å². The Labute approximate surface area is 181 Å². The van der Waals surface area contributed by atoms with Crippen molar-refractivity contribution in [3.8, 4) is 0 Å². The average Bonchev–Trinajstić information content (AvgIpc) is 3.00. The molecule has 3 aromatic rings. The summed E-state index contributed by atoms with van der Waals surface area (Å²) in [6.07, 6.45) is 0. The van der Waals surface area contributed by atoms with Gasteiger partial charge in [-0.05, 0) is 42.0 Å². The molecule has 0 spiro atoms. The molecule has 29 heavy (non-hydrogen) atoms. The highest BCUT2D eigenvalue weighted by molar-refractivity contribution is 9.10. The smallest absolute Gasteiger partial charge is 0.300 e. The maximum absolute atomic E-state index is 13.0. The third kappa shape index (κ3) is 3.59. The highest BCUT2D eigenvalue weighted by Gasteiger charge is 2.46. The van der Waals surface area contributed by atoms with Gasteiger partial charge in [-0.1, -0.05) is 70.0 Å². The second kappa shape index (κ2) is 7.85. The molecular weight excluding hydrogens is 454 g/mol. The Bertz CT molecular complexity index is 1130. The molecule has 144 valence electrons. The van der Waals surface area contributed by atoms with Gasteiger partial charge in [-0.2, -0.15) is 0 Å². The number of aliphatic hydroxyl groups is 1. The number of ketones is 1. The second-order valence-electron chi connectivity index (χ2n) is 6.57. The predicted octanol–water partition coefficient (Wildman–Crippen LogP) is 5.73. The van der Waals surface area contributed by atoms with Crippen molar-refractivity contribution in [1.29, 1.82) is 0 Å². The summed E-state index contributed by atoms with van der Waals surface area (Å²) in [4.78, 5) is 27.4. The molecule has 6 heteroatoms. The minimum atomic E-state index is -0.753. The van der Waals surface area contributed by atoms with Crippen LogP contribution in [0.15, 0.2) is 88.9 Å². The monoisotopic (exact) mass is 467 g/mol. The maximum Gasteiger partial charge on any atom is 0.300 e. The van der Waals surface area contributed by atoms with Crippen LogP contribution in [0, 0.1) is 0 Å². The van der Waals surface area contributed by atoms with Gasteiger partial charge in [-0.25, -0.2) is 0 Å². The summed E-state index contributed by atoms with van der Waals surface area (Å²) in [5.41, 5.74) is 1.70. The summed E-state index contributed by atoms with van der Waals surface area (Å²) in [6.45, 7) is 0. The standard InChI is InChI=1S/C23H15BrClNO3/c24-16-9-11-18(12-10-16)26-20(14-5-2-1-3-6-14)19(22(28)23(26)29)21(27)15-7-4-8-17(25)13-15/h1-13,20,27H/b21-19-. The summed E-state index contributed by atoms with van der Waals surface area (Å²) in [5.74, 6) is -1.68. The molecule has 4 nitrogen and oxygen atoms in total. The molecule has 0 bridgehead atoms. The number of aliphatic hydroxyl groups excluding tert-OH is 1. The summed E-state index contributed by atoms with van der Waals surface area (Å²) in [7, 11) is 0. The van der Waals surface area contributed by atoms with Crippen LogP contribution < -0.4 is 4.90 Å². The van der Waals surface area contributed by atoms with Gasteiger partial charge in [-0.15, -0.1) is 0 Å². The number of hydrogen-bond acceptors (Lipinski definition) is 3. The van der Waals surface area contributed by atoms with Gasteiger partial charge in [0, 0.05) is 20.7 Å². The molecule has 0 aromatic heterocycles. The van der Waals surface area contributed by atoms with E-state index in [0.717, 1.165) is 10.0 Å². The third-order valence-electron chi connectivity index (χ3n) is 4.76. The van der Waals surface area contributed by atoms with Crippen LogP contribution >= 0.6 is 27.5 Å². The zero-order valence-electron chi connectivity index (χ0n) is 15.0. The van der Waals surface area contributed by atoms with E-state index >= 15 is 0 Å². The van der Waals surface area contributed by atoms with Crippen LogP contribution in [-0.2, 0) is 9.59 Å². The lowest BCUT2D eigenvalue weighted by atomic mass is 9.95. The molecule has 0 radical (unpaired) electrons. The number of hydrogen-bond donors (Lipinski definition) is 1. The number of anilines is 1. The first-order valence-electron chi connectivity index (χ1n) is 8.85. The largest absolute Gasteiger partial charge is 0.507 e. The Morgan fingerprint density at radius 3 is 2.28 bits per heavy atom. The van der Waals surface area contributed by atoms with Crippen LogP contribution in [0.2, 0.25) is 5.02 Å². The molecule has 1 aliphatic heterocycles. The first kappa shape index (κ1) is 19.4. The SMILES string of the molecule is O=C1C(=O)N(c2ccc(Br)cc2)C(c2ccccc2)/C1=C(/O)c1cccc(Cl)c1.